The van der Waals surface area contributed by atoms with E-state index in [1.165, 1.54) is 0 Å². The average Bonchev–Trinajstić information content (AvgIpc) is 3.07. The summed E-state index contributed by atoms with van der Waals surface area (Å²) in [6.07, 6.45) is 6.03. The molecule has 0 aromatic carbocycles. The molecule has 2 aromatic heterocycles. The van der Waals surface area contributed by atoms with Crippen molar-refractivity contribution in [2.45, 2.75) is 43.8 Å². The number of hydrogen-bond acceptors (Lipinski definition) is 7. The van der Waals surface area contributed by atoms with E-state index in [1.807, 2.05) is 17.0 Å². The highest BCUT2D eigenvalue weighted by atomic mass is 19.1. The molecule has 3 fully saturated rings. The van der Waals surface area contributed by atoms with Crippen LogP contribution in [0.4, 0.5) is 15.9 Å². The first-order valence-electron chi connectivity index (χ1n) is 10.8. The SMILES string of the molecule is CC1(F)CCN(c2ccnc(N)c2-c2cc(C3CC(N4CCOCC4)C3)ncn2)C1. The van der Waals surface area contributed by atoms with Gasteiger partial charge in [0.1, 0.15) is 17.8 Å². The molecule has 4 heterocycles. The van der Waals surface area contributed by atoms with Crippen LogP contribution in [-0.2, 0) is 4.74 Å². The van der Waals surface area contributed by atoms with E-state index >= 15 is 0 Å². The quantitative estimate of drug-likeness (QED) is 0.827. The van der Waals surface area contributed by atoms with Gasteiger partial charge < -0.3 is 15.4 Å². The molecule has 0 amide bonds. The van der Waals surface area contributed by atoms with Gasteiger partial charge in [0.15, 0.2) is 0 Å². The van der Waals surface area contributed by atoms with Crippen LogP contribution < -0.4 is 10.6 Å². The summed E-state index contributed by atoms with van der Waals surface area (Å²) in [4.78, 5) is 17.9. The number of anilines is 2. The Morgan fingerprint density at radius 1 is 1.17 bits per heavy atom. The summed E-state index contributed by atoms with van der Waals surface area (Å²) in [6, 6.07) is 4.57. The van der Waals surface area contributed by atoms with Crippen molar-refractivity contribution in [3.8, 4) is 11.3 Å². The smallest absolute Gasteiger partial charge is 0.134 e. The van der Waals surface area contributed by atoms with E-state index in [-0.39, 0.29) is 0 Å². The van der Waals surface area contributed by atoms with Crippen molar-refractivity contribution in [1.82, 2.24) is 19.9 Å². The fourth-order valence-corrected chi connectivity index (χ4v) is 4.93. The second-order valence-electron chi connectivity index (χ2n) is 8.97. The Hall–Kier alpha value is -2.32. The highest BCUT2D eigenvalue weighted by Gasteiger charge is 2.37. The van der Waals surface area contributed by atoms with Gasteiger partial charge in [-0.1, -0.05) is 0 Å². The largest absolute Gasteiger partial charge is 0.383 e. The summed E-state index contributed by atoms with van der Waals surface area (Å²) in [6.45, 7) is 6.36. The first kappa shape index (κ1) is 19.6. The first-order valence-corrected chi connectivity index (χ1v) is 10.8. The molecule has 30 heavy (non-hydrogen) atoms. The van der Waals surface area contributed by atoms with E-state index in [0.29, 0.717) is 37.3 Å². The zero-order chi connectivity index (χ0) is 20.7. The normalized spacial score (nSPS) is 29.7. The number of rotatable bonds is 4. The number of pyridine rings is 1. The van der Waals surface area contributed by atoms with Crippen molar-refractivity contribution >= 4 is 11.5 Å². The summed E-state index contributed by atoms with van der Waals surface area (Å²) in [7, 11) is 0. The first-order chi connectivity index (χ1) is 14.5. The molecule has 1 aliphatic carbocycles. The number of morpholine rings is 1. The van der Waals surface area contributed by atoms with E-state index in [2.05, 4.69) is 19.9 Å². The van der Waals surface area contributed by atoms with E-state index < -0.39 is 5.67 Å². The maximum atomic E-state index is 14.5. The van der Waals surface area contributed by atoms with E-state index in [1.54, 1.807) is 19.4 Å². The number of ether oxygens (including phenoxy) is 1. The van der Waals surface area contributed by atoms with Gasteiger partial charge in [0.2, 0.25) is 0 Å². The zero-order valence-electron chi connectivity index (χ0n) is 17.4. The lowest BCUT2D eigenvalue weighted by Crippen LogP contribution is -2.49. The number of nitrogens with zero attached hydrogens (tertiary/aromatic N) is 5. The minimum Gasteiger partial charge on any atom is -0.383 e. The van der Waals surface area contributed by atoms with Crippen LogP contribution in [0, 0.1) is 0 Å². The van der Waals surface area contributed by atoms with Gasteiger partial charge in [0.25, 0.3) is 0 Å². The third-order valence-corrected chi connectivity index (χ3v) is 6.76. The molecular weight excluding hydrogens is 383 g/mol. The molecule has 7 nitrogen and oxygen atoms in total. The molecule has 160 valence electrons. The predicted molar refractivity (Wildman–Crippen MR) is 114 cm³/mol. The number of halogens is 1. The van der Waals surface area contributed by atoms with Crippen molar-refractivity contribution in [3.63, 3.8) is 0 Å². The van der Waals surface area contributed by atoms with Crippen LogP contribution in [0.3, 0.4) is 0 Å². The Morgan fingerprint density at radius 3 is 2.70 bits per heavy atom. The third kappa shape index (κ3) is 3.74. The summed E-state index contributed by atoms with van der Waals surface area (Å²) < 4.78 is 19.9. The van der Waals surface area contributed by atoms with Gasteiger partial charge in [0.05, 0.1) is 36.7 Å². The lowest BCUT2D eigenvalue weighted by Gasteiger charge is -2.44. The van der Waals surface area contributed by atoms with Gasteiger partial charge in [-0.3, -0.25) is 4.90 Å². The number of aromatic nitrogens is 3. The van der Waals surface area contributed by atoms with Crippen molar-refractivity contribution in [3.05, 3.63) is 30.4 Å². The van der Waals surface area contributed by atoms with Crippen molar-refractivity contribution in [1.29, 1.82) is 0 Å². The van der Waals surface area contributed by atoms with Crippen LogP contribution in [0.2, 0.25) is 0 Å². The van der Waals surface area contributed by atoms with E-state index in [0.717, 1.165) is 61.8 Å². The van der Waals surface area contributed by atoms with Crippen molar-refractivity contribution in [2.75, 3.05) is 50.0 Å². The molecule has 2 saturated heterocycles. The predicted octanol–water partition coefficient (Wildman–Crippen LogP) is 2.64. The molecule has 1 atom stereocenters. The third-order valence-electron chi connectivity index (χ3n) is 6.76. The van der Waals surface area contributed by atoms with Gasteiger partial charge >= 0.3 is 0 Å². The second kappa shape index (κ2) is 7.74. The van der Waals surface area contributed by atoms with Crippen LogP contribution in [0.1, 0.15) is 37.8 Å². The lowest BCUT2D eigenvalue weighted by molar-refractivity contribution is -0.00735. The minimum atomic E-state index is -1.19. The van der Waals surface area contributed by atoms with Crippen LogP contribution in [0.5, 0.6) is 0 Å². The van der Waals surface area contributed by atoms with Crippen LogP contribution >= 0.6 is 0 Å². The molecule has 1 unspecified atom stereocenters. The standard InChI is InChI=1S/C22H29FN6O/c1-22(23)3-5-29(13-22)19-2-4-25-21(24)20(19)18-12-17(26-14-27-18)15-10-16(11-15)28-6-8-30-9-7-28/h2,4,12,14-16H,3,5-11,13H2,1H3,(H2,24,25). The summed E-state index contributed by atoms with van der Waals surface area (Å²) in [5.74, 6) is 0.853. The molecule has 1 saturated carbocycles. The Morgan fingerprint density at radius 2 is 1.97 bits per heavy atom. The fraction of sp³-hybridized carbons (Fsp3) is 0.591. The molecule has 2 aliphatic heterocycles. The molecule has 0 radical (unpaired) electrons. The molecule has 2 aromatic rings. The van der Waals surface area contributed by atoms with Crippen LogP contribution in [0.25, 0.3) is 11.3 Å². The Labute approximate surface area is 176 Å². The summed E-state index contributed by atoms with van der Waals surface area (Å²) >= 11 is 0. The van der Waals surface area contributed by atoms with Crippen molar-refractivity contribution in [2.24, 2.45) is 0 Å². The number of hydrogen-bond donors (Lipinski definition) is 1. The zero-order valence-corrected chi connectivity index (χ0v) is 17.4. The maximum Gasteiger partial charge on any atom is 0.134 e. The van der Waals surface area contributed by atoms with Gasteiger partial charge in [0, 0.05) is 49.9 Å². The van der Waals surface area contributed by atoms with Gasteiger partial charge in [-0.25, -0.2) is 19.3 Å². The van der Waals surface area contributed by atoms with Crippen molar-refractivity contribution < 1.29 is 9.13 Å². The van der Waals surface area contributed by atoms with E-state index in [9.17, 15) is 4.39 Å². The molecule has 3 aliphatic rings. The summed E-state index contributed by atoms with van der Waals surface area (Å²) in [5, 5.41) is 0. The molecular formula is C22H29FN6O. The lowest BCUT2D eigenvalue weighted by atomic mass is 9.77. The topological polar surface area (TPSA) is 80.4 Å². The number of nitrogen functional groups attached to an aromatic ring is 1. The minimum absolute atomic E-state index is 0.352. The number of alkyl halides is 1. The highest BCUT2D eigenvalue weighted by molar-refractivity contribution is 5.84. The Balaban J connectivity index is 1.37. The monoisotopic (exact) mass is 412 g/mol. The Bertz CT molecular complexity index is 910. The van der Waals surface area contributed by atoms with Crippen LogP contribution in [-0.4, -0.2) is 71.0 Å². The van der Waals surface area contributed by atoms with Gasteiger partial charge in [-0.15, -0.1) is 0 Å². The summed E-state index contributed by atoms with van der Waals surface area (Å²) in [5.41, 5.74) is 8.58. The Kier molecular flexibility index (Phi) is 5.06. The van der Waals surface area contributed by atoms with Gasteiger partial charge in [-0.05, 0) is 31.9 Å². The molecule has 5 rings (SSSR count). The molecule has 0 spiro atoms. The average molecular weight is 413 g/mol. The van der Waals surface area contributed by atoms with E-state index in [4.69, 9.17) is 10.5 Å². The molecule has 2 N–H and O–H groups in total. The number of nitrogens with two attached hydrogens (primary N) is 1. The van der Waals surface area contributed by atoms with Gasteiger partial charge in [-0.2, -0.15) is 0 Å². The second-order valence-corrected chi connectivity index (χ2v) is 8.97. The molecule has 0 bridgehead atoms. The fourth-order valence-electron chi connectivity index (χ4n) is 4.93. The highest BCUT2D eigenvalue weighted by Crippen LogP contribution is 2.42. The molecule has 8 heteroatoms. The van der Waals surface area contributed by atoms with Crippen LogP contribution in [0.15, 0.2) is 24.7 Å². The maximum absolute atomic E-state index is 14.5.